The molecule has 0 spiro atoms. The number of aryl methyl sites for hydroxylation is 1. The van der Waals surface area contributed by atoms with Gasteiger partial charge < -0.3 is 10.3 Å². The quantitative estimate of drug-likeness (QED) is 0.252. The maximum Gasteiger partial charge on any atom is 0.243 e. The van der Waals surface area contributed by atoms with Crippen molar-refractivity contribution < 1.29 is 8.42 Å². The Morgan fingerprint density at radius 2 is 1.94 bits per heavy atom. The van der Waals surface area contributed by atoms with E-state index in [1.54, 1.807) is 42.0 Å². The zero-order valence-electron chi connectivity index (χ0n) is 19.8. The molecule has 1 aromatic heterocycles. The first-order chi connectivity index (χ1) is 16.3. The van der Waals surface area contributed by atoms with E-state index in [0.29, 0.717) is 10.0 Å². The first kappa shape index (κ1) is 24.4. The molecule has 0 amide bonds. The normalized spacial score (nSPS) is 15.3. The molecule has 2 aromatic carbocycles. The molecule has 0 aliphatic heterocycles. The van der Waals surface area contributed by atoms with Crippen LogP contribution in [0.25, 0.3) is 10.9 Å². The van der Waals surface area contributed by atoms with Crippen molar-refractivity contribution in [2.45, 2.75) is 56.9 Å². The first-order valence-electron chi connectivity index (χ1n) is 11.5. The highest BCUT2D eigenvalue weighted by atomic mass is 32.2. The van der Waals surface area contributed by atoms with Gasteiger partial charge in [0.25, 0.3) is 0 Å². The Bertz CT molecular complexity index is 1320. The van der Waals surface area contributed by atoms with Gasteiger partial charge in [-0.3, -0.25) is 5.43 Å². The molecule has 1 heterocycles. The van der Waals surface area contributed by atoms with E-state index in [-0.39, 0.29) is 6.04 Å². The molecule has 7 nitrogen and oxygen atoms in total. The summed E-state index contributed by atoms with van der Waals surface area (Å²) in [5, 5.41) is 8.57. The Labute approximate surface area is 206 Å². The van der Waals surface area contributed by atoms with E-state index in [2.05, 4.69) is 20.8 Å². The van der Waals surface area contributed by atoms with Gasteiger partial charge >= 0.3 is 0 Å². The van der Waals surface area contributed by atoms with E-state index in [1.165, 1.54) is 12.0 Å². The maximum atomic E-state index is 13.3. The van der Waals surface area contributed by atoms with Gasteiger partial charge in [0, 0.05) is 41.4 Å². The minimum atomic E-state index is -3.57. The molecule has 0 radical (unpaired) electrons. The van der Waals surface area contributed by atoms with Crippen molar-refractivity contribution in [3.63, 3.8) is 0 Å². The highest BCUT2D eigenvalue weighted by molar-refractivity contribution is 7.89. The van der Waals surface area contributed by atoms with E-state index in [4.69, 9.17) is 12.2 Å². The number of hydrogen-bond donors (Lipinski definition) is 3. The lowest BCUT2D eigenvalue weighted by Crippen LogP contribution is -2.38. The summed E-state index contributed by atoms with van der Waals surface area (Å²) in [7, 11) is -1.88. The summed E-state index contributed by atoms with van der Waals surface area (Å²) < 4.78 is 28.1. The predicted octanol–water partition coefficient (Wildman–Crippen LogP) is 5.06. The van der Waals surface area contributed by atoms with E-state index >= 15 is 0 Å². The minimum absolute atomic E-state index is 0.0662. The molecule has 34 heavy (non-hydrogen) atoms. The summed E-state index contributed by atoms with van der Waals surface area (Å²) in [6.45, 7) is 4.08. The largest absolute Gasteiger partial charge is 0.361 e. The number of thiocarbonyl (C=S) groups is 1. The lowest BCUT2D eigenvalue weighted by atomic mass is 9.96. The molecular weight excluding hydrogens is 466 g/mol. The van der Waals surface area contributed by atoms with Crippen LogP contribution in [0.3, 0.4) is 0 Å². The van der Waals surface area contributed by atoms with Crippen molar-refractivity contribution in [3.8, 4) is 0 Å². The molecule has 1 saturated carbocycles. The number of nitrogens with one attached hydrogen (secondary N) is 3. The Kier molecular flexibility index (Phi) is 7.35. The predicted molar refractivity (Wildman–Crippen MR) is 143 cm³/mol. The monoisotopic (exact) mass is 497 g/mol. The summed E-state index contributed by atoms with van der Waals surface area (Å²) in [6.07, 6.45) is 8.61. The van der Waals surface area contributed by atoms with Crippen LogP contribution < -0.4 is 10.7 Å². The van der Waals surface area contributed by atoms with E-state index in [9.17, 15) is 8.42 Å². The molecular formula is C25H31N5O2S2. The first-order valence-corrected chi connectivity index (χ1v) is 13.4. The van der Waals surface area contributed by atoms with Crippen LogP contribution in [0.15, 0.2) is 52.6 Å². The number of anilines is 1. The number of aromatic nitrogens is 1. The molecule has 180 valence electrons. The second kappa shape index (κ2) is 10.2. The molecule has 4 rings (SSSR count). The molecule has 0 atom stereocenters. The maximum absolute atomic E-state index is 13.3. The third kappa shape index (κ3) is 5.16. The fraction of sp³-hybridized carbons (Fsp3) is 0.360. The summed E-state index contributed by atoms with van der Waals surface area (Å²) in [4.78, 5) is 3.47. The van der Waals surface area contributed by atoms with Crippen molar-refractivity contribution in [2.75, 3.05) is 12.4 Å². The van der Waals surface area contributed by atoms with Gasteiger partial charge in [0.15, 0.2) is 5.11 Å². The lowest BCUT2D eigenvalue weighted by molar-refractivity contribution is 0.286. The second-order valence-corrected chi connectivity index (χ2v) is 11.2. The highest BCUT2D eigenvalue weighted by Gasteiger charge is 2.29. The second-order valence-electron chi connectivity index (χ2n) is 8.84. The SMILES string of the molecule is Cc1cccc(NC(=S)N/N=C\c2c[nH]c3ccc(S(=O)(=O)N(C)C4CCCCC4)cc23)c1C. The highest BCUT2D eigenvalue weighted by Crippen LogP contribution is 2.28. The minimum Gasteiger partial charge on any atom is -0.361 e. The number of hydrogen-bond acceptors (Lipinski definition) is 4. The molecule has 1 aliphatic carbocycles. The van der Waals surface area contributed by atoms with Crippen molar-refractivity contribution in [1.82, 2.24) is 14.7 Å². The Balaban J connectivity index is 1.49. The summed E-state index contributed by atoms with van der Waals surface area (Å²) >= 11 is 5.36. The van der Waals surface area contributed by atoms with Gasteiger partial charge in [0.2, 0.25) is 10.0 Å². The van der Waals surface area contributed by atoms with Crippen molar-refractivity contribution in [3.05, 3.63) is 59.3 Å². The van der Waals surface area contributed by atoms with Crippen LogP contribution in [0.2, 0.25) is 0 Å². The molecule has 1 aliphatic rings. The van der Waals surface area contributed by atoms with Crippen molar-refractivity contribution in [1.29, 1.82) is 0 Å². The van der Waals surface area contributed by atoms with Gasteiger partial charge in [-0.1, -0.05) is 31.4 Å². The number of aromatic amines is 1. The molecule has 1 fully saturated rings. The van der Waals surface area contributed by atoms with Crippen LogP contribution in [0.1, 0.15) is 48.8 Å². The van der Waals surface area contributed by atoms with Crippen LogP contribution in [-0.4, -0.2) is 42.1 Å². The Morgan fingerprint density at radius 1 is 1.18 bits per heavy atom. The van der Waals surface area contributed by atoms with Gasteiger partial charge in [0.1, 0.15) is 0 Å². The zero-order valence-corrected chi connectivity index (χ0v) is 21.4. The van der Waals surface area contributed by atoms with Crippen LogP contribution in [0.5, 0.6) is 0 Å². The summed E-state index contributed by atoms with van der Waals surface area (Å²) in [5.74, 6) is 0. The molecule has 0 saturated heterocycles. The third-order valence-electron chi connectivity index (χ3n) is 6.67. The van der Waals surface area contributed by atoms with Crippen LogP contribution in [-0.2, 0) is 10.0 Å². The number of fused-ring (bicyclic) bond motifs is 1. The van der Waals surface area contributed by atoms with Crippen LogP contribution in [0.4, 0.5) is 5.69 Å². The fourth-order valence-corrected chi connectivity index (χ4v) is 6.00. The summed E-state index contributed by atoms with van der Waals surface area (Å²) in [5.41, 5.74) is 7.68. The van der Waals surface area contributed by atoms with E-state index in [0.717, 1.165) is 53.4 Å². The van der Waals surface area contributed by atoms with Crippen LogP contribution in [0, 0.1) is 13.8 Å². The molecule has 0 unspecified atom stereocenters. The molecule has 3 N–H and O–H groups in total. The van der Waals surface area contributed by atoms with E-state index < -0.39 is 10.0 Å². The topological polar surface area (TPSA) is 89.6 Å². The van der Waals surface area contributed by atoms with Gasteiger partial charge in [0.05, 0.1) is 11.1 Å². The summed E-state index contributed by atoms with van der Waals surface area (Å²) in [6, 6.07) is 11.2. The Morgan fingerprint density at radius 3 is 2.71 bits per heavy atom. The molecule has 3 aromatic rings. The van der Waals surface area contributed by atoms with E-state index in [1.807, 2.05) is 32.0 Å². The number of nitrogens with zero attached hydrogens (tertiary/aromatic N) is 2. The average Bonchev–Trinajstić information content (AvgIpc) is 3.24. The number of hydrazone groups is 1. The van der Waals surface area contributed by atoms with Gasteiger partial charge in [-0.2, -0.15) is 9.41 Å². The number of H-pyrrole nitrogens is 1. The van der Waals surface area contributed by atoms with Crippen LogP contribution >= 0.6 is 12.2 Å². The number of rotatable bonds is 6. The average molecular weight is 498 g/mol. The zero-order chi connectivity index (χ0) is 24.3. The fourth-order valence-electron chi connectivity index (χ4n) is 4.39. The van der Waals surface area contributed by atoms with Gasteiger partial charge in [-0.05, 0) is 74.3 Å². The van der Waals surface area contributed by atoms with Crippen molar-refractivity contribution >= 4 is 50.2 Å². The number of benzene rings is 2. The molecule has 9 heteroatoms. The van der Waals surface area contributed by atoms with Gasteiger partial charge in [-0.15, -0.1) is 0 Å². The standard InChI is InChI=1S/C25H31N5O2S2/c1-17-8-7-11-23(18(17)2)28-25(33)29-27-16-19-15-26-24-13-12-21(14-22(19)24)34(31,32)30(3)20-9-5-4-6-10-20/h7-8,11-16,20,26H,4-6,9-10H2,1-3H3,(H2,28,29,33)/b27-16-. The smallest absolute Gasteiger partial charge is 0.243 e. The lowest BCUT2D eigenvalue weighted by Gasteiger charge is -2.30. The number of sulfonamides is 1. The van der Waals surface area contributed by atoms with Crippen molar-refractivity contribution in [2.24, 2.45) is 5.10 Å². The molecule has 0 bridgehead atoms. The van der Waals surface area contributed by atoms with Gasteiger partial charge in [-0.25, -0.2) is 8.42 Å². The third-order valence-corrected chi connectivity index (χ3v) is 8.77. The Hall–Kier alpha value is -2.75.